The molecule has 3 rings (SSSR count). The zero-order chi connectivity index (χ0) is 15.5. The summed E-state index contributed by atoms with van der Waals surface area (Å²) in [6, 6.07) is 6.34. The summed E-state index contributed by atoms with van der Waals surface area (Å²) in [5, 5.41) is 3.05. The summed E-state index contributed by atoms with van der Waals surface area (Å²) in [6.07, 6.45) is 4.72. The van der Waals surface area contributed by atoms with Crippen molar-refractivity contribution in [3.05, 3.63) is 29.3 Å². The molecule has 1 saturated heterocycles. The van der Waals surface area contributed by atoms with Crippen molar-refractivity contribution in [2.75, 3.05) is 25.0 Å². The lowest BCUT2D eigenvalue weighted by atomic mass is 10.1. The molecule has 0 radical (unpaired) electrons. The molecule has 2 atom stereocenters. The number of morpholine rings is 1. The van der Waals surface area contributed by atoms with E-state index in [1.807, 2.05) is 6.07 Å². The van der Waals surface area contributed by atoms with Gasteiger partial charge in [-0.2, -0.15) is 0 Å². The fourth-order valence-electron chi connectivity index (χ4n) is 3.76. The van der Waals surface area contributed by atoms with E-state index in [1.54, 1.807) is 0 Å². The topological polar surface area (TPSA) is 42.8 Å². The van der Waals surface area contributed by atoms with Crippen LogP contribution >= 0.6 is 0 Å². The number of benzene rings is 1. The molecule has 2 N–H and O–H groups in total. The highest BCUT2D eigenvalue weighted by molar-refractivity contribution is 5.90. The molecule has 1 aromatic carbocycles. The third-order valence-corrected chi connectivity index (χ3v) is 4.70. The van der Waals surface area contributed by atoms with Gasteiger partial charge in [0.2, 0.25) is 5.91 Å². The summed E-state index contributed by atoms with van der Waals surface area (Å²) in [5.74, 6) is 0.122. The average molecular weight is 303 g/mol. The number of ether oxygens (including phenoxy) is 1. The Balaban J connectivity index is 1.48. The Labute approximate surface area is 132 Å². The van der Waals surface area contributed by atoms with Crippen LogP contribution in [0.3, 0.4) is 0 Å². The quantitative estimate of drug-likeness (QED) is 0.878. The maximum atomic E-state index is 12.2. The molecule has 1 aliphatic carbocycles. The van der Waals surface area contributed by atoms with Crippen molar-refractivity contribution in [2.45, 2.75) is 51.7 Å². The second-order valence-electron chi connectivity index (χ2n) is 6.80. The first kappa shape index (κ1) is 15.5. The lowest BCUT2D eigenvalue weighted by molar-refractivity contribution is -0.914. The van der Waals surface area contributed by atoms with Crippen LogP contribution in [0.5, 0.6) is 0 Å². The van der Waals surface area contributed by atoms with Crippen molar-refractivity contribution in [3.8, 4) is 0 Å². The number of aryl methyl sites for hydroxylation is 2. The molecule has 1 aliphatic heterocycles. The van der Waals surface area contributed by atoms with Crippen LogP contribution in [0, 0.1) is 0 Å². The van der Waals surface area contributed by atoms with Crippen LogP contribution in [-0.4, -0.2) is 37.7 Å². The summed E-state index contributed by atoms with van der Waals surface area (Å²) in [7, 11) is 0. The summed E-state index contributed by atoms with van der Waals surface area (Å²) < 4.78 is 5.74. The number of rotatable bonds is 4. The lowest BCUT2D eigenvalue weighted by Crippen LogP contribution is -3.15. The second-order valence-corrected chi connectivity index (χ2v) is 6.80. The van der Waals surface area contributed by atoms with Crippen LogP contribution in [0.25, 0.3) is 0 Å². The molecular weight excluding hydrogens is 276 g/mol. The Hall–Kier alpha value is -1.39. The summed E-state index contributed by atoms with van der Waals surface area (Å²) in [4.78, 5) is 13.6. The molecule has 0 unspecified atom stereocenters. The minimum Gasteiger partial charge on any atom is -0.364 e. The van der Waals surface area contributed by atoms with E-state index >= 15 is 0 Å². The van der Waals surface area contributed by atoms with Gasteiger partial charge >= 0.3 is 0 Å². The Bertz CT molecular complexity index is 534. The number of hydrogen-bond donors (Lipinski definition) is 2. The van der Waals surface area contributed by atoms with Gasteiger partial charge in [0.1, 0.15) is 25.3 Å². The first-order chi connectivity index (χ1) is 10.6. The Morgan fingerprint density at radius 1 is 1.23 bits per heavy atom. The maximum absolute atomic E-state index is 12.2. The molecule has 0 saturated carbocycles. The van der Waals surface area contributed by atoms with Crippen molar-refractivity contribution in [2.24, 2.45) is 0 Å². The molecule has 2 aliphatic rings. The number of carbonyl (C=O) groups excluding carboxylic acids is 1. The van der Waals surface area contributed by atoms with E-state index in [-0.39, 0.29) is 5.91 Å². The first-order valence-electron chi connectivity index (χ1n) is 8.51. The molecule has 4 heteroatoms. The fourth-order valence-corrected chi connectivity index (χ4v) is 3.76. The minimum atomic E-state index is 0.122. The minimum absolute atomic E-state index is 0.122. The van der Waals surface area contributed by atoms with Gasteiger partial charge in [-0.1, -0.05) is 6.07 Å². The number of nitrogens with one attached hydrogen (secondary N) is 2. The van der Waals surface area contributed by atoms with E-state index in [0.717, 1.165) is 31.7 Å². The van der Waals surface area contributed by atoms with Crippen molar-refractivity contribution in [1.29, 1.82) is 0 Å². The zero-order valence-electron chi connectivity index (χ0n) is 13.7. The smallest absolute Gasteiger partial charge is 0.230 e. The number of quaternary nitrogens is 1. The number of amides is 1. The Morgan fingerprint density at radius 2 is 1.95 bits per heavy atom. The predicted octanol–water partition coefficient (Wildman–Crippen LogP) is 1.20. The van der Waals surface area contributed by atoms with Crippen molar-refractivity contribution in [1.82, 2.24) is 0 Å². The van der Waals surface area contributed by atoms with E-state index in [1.165, 1.54) is 28.9 Å². The van der Waals surface area contributed by atoms with Crippen LogP contribution < -0.4 is 10.2 Å². The maximum Gasteiger partial charge on any atom is 0.230 e. The van der Waals surface area contributed by atoms with Gasteiger partial charge < -0.3 is 15.0 Å². The number of carbonyl (C=O) groups is 1. The number of hydrogen-bond acceptors (Lipinski definition) is 2. The first-order valence-corrected chi connectivity index (χ1v) is 8.51. The fraction of sp³-hybridized carbons (Fsp3) is 0.611. The highest BCUT2D eigenvalue weighted by Crippen LogP contribution is 2.24. The largest absolute Gasteiger partial charge is 0.364 e. The summed E-state index contributed by atoms with van der Waals surface area (Å²) >= 11 is 0. The van der Waals surface area contributed by atoms with E-state index < -0.39 is 0 Å². The SMILES string of the molecule is C[C@@H]1C[NH+](CCC(=O)Nc2ccc3c(c2)CCC3)C[C@@H](C)O1. The van der Waals surface area contributed by atoms with Crippen molar-refractivity contribution >= 4 is 11.6 Å². The van der Waals surface area contributed by atoms with Gasteiger partial charge in [-0.25, -0.2) is 0 Å². The van der Waals surface area contributed by atoms with Crippen LogP contribution in [0.1, 0.15) is 37.8 Å². The predicted molar refractivity (Wildman–Crippen MR) is 87.3 cm³/mol. The highest BCUT2D eigenvalue weighted by atomic mass is 16.5. The molecule has 120 valence electrons. The van der Waals surface area contributed by atoms with Crippen LogP contribution in [0.2, 0.25) is 0 Å². The van der Waals surface area contributed by atoms with Crippen molar-refractivity contribution < 1.29 is 14.4 Å². The molecule has 0 bridgehead atoms. The van der Waals surface area contributed by atoms with E-state index in [4.69, 9.17) is 4.74 Å². The van der Waals surface area contributed by atoms with E-state index in [0.29, 0.717) is 18.6 Å². The standard InChI is InChI=1S/C18H26N2O2/c1-13-11-20(12-14(2)22-13)9-8-18(21)19-17-7-6-15-4-3-5-16(15)10-17/h6-7,10,13-14H,3-5,8-9,11-12H2,1-2H3,(H,19,21)/p+1/t13-,14-/m1/s1. The molecule has 4 nitrogen and oxygen atoms in total. The van der Waals surface area contributed by atoms with Crippen LogP contribution in [0.15, 0.2) is 18.2 Å². The molecule has 1 aromatic rings. The molecule has 1 heterocycles. The van der Waals surface area contributed by atoms with Crippen molar-refractivity contribution in [3.63, 3.8) is 0 Å². The van der Waals surface area contributed by atoms with Gasteiger partial charge in [-0.05, 0) is 56.4 Å². The van der Waals surface area contributed by atoms with Gasteiger partial charge in [0.05, 0.1) is 13.0 Å². The zero-order valence-corrected chi connectivity index (χ0v) is 13.7. The third-order valence-electron chi connectivity index (χ3n) is 4.70. The van der Waals surface area contributed by atoms with Gasteiger partial charge in [0.25, 0.3) is 0 Å². The second kappa shape index (κ2) is 6.80. The highest BCUT2D eigenvalue weighted by Gasteiger charge is 2.25. The normalized spacial score (nSPS) is 27.5. The third kappa shape index (κ3) is 3.87. The average Bonchev–Trinajstić information content (AvgIpc) is 2.92. The molecule has 1 fully saturated rings. The van der Waals surface area contributed by atoms with Gasteiger partial charge in [-0.15, -0.1) is 0 Å². The van der Waals surface area contributed by atoms with E-state index in [2.05, 4.69) is 31.3 Å². The molecule has 1 amide bonds. The lowest BCUT2D eigenvalue weighted by Gasteiger charge is -2.32. The Morgan fingerprint density at radius 3 is 2.73 bits per heavy atom. The summed E-state index contributed by atoms with van der Waals surface area (Å²) in [6.45, 7) is 7.10. The van der Waals surface area contributed by atoms with Crippen LogP contribution in [-0.2, 0) is 22.4 Å². The monoisotopic (exact) mass is 303 g/mol. The van der Waals surface area contributed by atoms with Crippen LogP contribution in [0.4, 0.5) is 5.69 Å². The van der Waals surface area contributed by atoms with Gasteiger partial charge in [0.15, 0.2) is 0 Å². The molecular formula is C18H27N2O2+. The molecule has 0 spiro atoms. The number of fused-ring (bicyclic) bond motifs is 1. The Kier molecular flexibility index (Phi) is 4.79. The molecule has 22 heavy (non-hydrogen) atoms. The van der Waals surface area contributed by atoms with Gasteiger partial charge in [-0.3, -0.25) is 4.79 Å². The molecule has 0 aromatic heterocycles. The van der Waals surface area contributed by atoms with Gasteiger partial charge in [0, 0.05) is 5.69 Å². The summed E-state index contributed by atoms with van der Waals surface area (Å²) in [5.41, 5.74) is 3.79. The number of anilines is 1. The van der Waals surface area contributed by atoms with E-state index in [9.17, 15) is 4.79 Å².